The predicted octanol–water partition coefficient (Wildman–Crippen LogP) is 0.981. The molecule has 0 radical (unpaired) electrons. The third-order valence-electron chi connectivity index (χ3n) is 1.44. The van der Waals surface area contributed by atoms with Crippen LogP contribution < -0.4 is 4.46 Å². The molecule has 1 rings (SSSR count). The molecule has 0 aliphatic rings. The van der Waals surface area contributed by atoms with Crippen molar-refractivity contribution in [3.63, 3.8) is 0 Å². The van der Waals surface area contributed by atoms with Crippen LogP contribution in [0.1, 0.15) is 0 Å². The fourth-order valence-corrected chi connectivity index (χ4v) is 2.55. The molecule has 0 fully saturated rings. The van der Waals surface area contributed by atoms with Gasteiger partial charge in [-0.3, -0.25) is 0 Å². The molecule has 0 unspecified atom stereocenters. The molecule has 0 bridgehead atoms. The second-order valence-electron chi connectivity index (χ2n) is 2.43. The van der Waals surface area contributed by atoms with Gasteiger partial charge >= 0.3 is 78.9 Å². The summed E-state index contributed by atoms with van der Waals surface area (Å²) in [5.74, 6) is 0. The summed E-state index contributed by atoms with van der Waals surface area (Å²) in [6.45, 7) is 3.53. The number of aliphatic hydroxyl groups is 1. The maximum absolute atomic E-state index is 9.22. The Morgan fingerprint density at radius 1 is 1.42 bits per heavy atom. The monoisotopic (exact) mass is 228 g/mol. The molecule has 0 saturated heterocycles. The summed E-state index contributed by atoms with van der Waals surface area (Å²) in [4.78, 5) is 0. The van der Waals surface area contributed by atoms with Gasteiger partial charge in [0.1, 0.15) is 0 Å². The van der Waals surface area contributed by atoms with Crippen LogP contribution in [0.4, 0.5) is 0 Å². The van der Waals surface area contributed by atoms with Crippen LogP contribution in [0.2, 0.25) is 5.32 Å². The van der Waals surface area contributed by atoms with Gasteiger partial charge in [0.15, 0.2) is 0 Å². The van der Waals surface area contributed by atoms with E-state index in [0.29, 0.717) is 15.0 Å². The van der Waals surface area contributed by atoms with Gasteiger partial charge in [0.25, 0.3) is 0 Å². The molecule has 0 aromatic heterocycles. The van der Waals surface area contributed by atoms with Crippen molar-refractivity contribution in [2.45, 2.75) is 11.4 Å². The summed E-state index contributed by atoms with van der Waals surface area (Å²) in [5.41, 5.74) is 0. The first-order valence-electron chi connectivity index (χ1n) is 3.81. The van der Waals surface area contributed by atoms with E-state index in [0.717, 1.165) is 5.32 Å². The summed E-state index contributed by atoms with van der Waals surface area (Å²) in [6, 6.07) is 10.2. The molecule has 0 heterocycles. The van der Waals surface area contributed by atoms with Crippen LogP contribution in [0.5, 0.6) is 0 Å². The quantitative estimate of drug-likeness (QED) is 0.600. The Balaban J connectivity index is 2.38. The van der Waals surface area contributed by atoms with Gasteiger partial charge in [0, 0.05) is 0 Å². The summed E-state index contributed by atoms with van der Waals surface area (Å²) >= 11 is 0.370. The molecule has 1 aromatic carbocycles. The first-order chi connectivity index (χ1) is 5.83. The Kier molecular flexibility index (Phi) is 4.09. The predicted molar refractivity (Wildman–Crippen MR) is 52.8 cm³/mol. The zero-order valence-electron chi connectivity index (χ0n) is 6.81. The van der Waals surface area contributed by atoms with E-state index in [4.69, 9.17) is 0 Å². The molecule has 64 valence electrons. The number of hydrogen-bond donors (Lipinski definition) is 1. The normalized spacial score (nSPS) is 12.4. The Morgan fingerprint density at radius 2 is 2.08 bits per heavy atom. The van der Waals surface area contributed by atoms with Crippen molar-refractivity contribution in [1.29, 1.82) is 0 Å². The van der Waals surface area contributed by atoms with Crippen molar-refractivity contribution < 1.29 is 5.11 Å². The molecule has 1 nitrogen and oxygen atoms in total. The van der Waals surface area contributed by atoms with E-state index in [1.54, 1.807) is 6.08 Å². The fraction of sp³-hybridized carbons (Fsp3) is 0.200. The van der Waals surface area contributed by atoms with Crippen LogP contribution in [0.3, 0.4) is 0 Å². The summed E-state index contributed by atoms with van der Waals surface area (Å²) in [6.07, 6.45) is 1.25. The molecule has 1 N–H and O–H groups in total. The molecular formula is C10H12OSe. The van der Waals surface area contributed by atoms with Crippen molar-refractivity contribution in [2.24, 2.45) is 0 Å². The number of rotatable bonds is 4. The molecular weight excluding hydrogens is 215 g/mol. The summed E-state index contributed by atoms with van der Waals surface area (Å²) in [5, 5.41) is 10.0. The van der Waals surface area contributed by atoms with Crippen molar-refractivity contribution in [1.82, 2.24) is 0 Å². The first kappa shape index (κ1) is 9.53. The van der Waals surface area contributed by atoms with Crippen molar-refractivity contribution in [3.05, 3.63) is 43.0 Å². The SMILES string of the molecule is C=C[C@H](O)C[Se]c1ccccc1. The van der Waals surface area contributed by atoms with Gasteiger partial charge in [-0.05, 0) is 0 Å². The van der Waals surface area contributed by atoms with Crippen molar-refractivity contribution >= 4 is 19.4 Å². The standard InChI is InChI=1S/C10H12OSe/c1-2-9(11)8-12-10-6-4-3-5-7-10/h2-7,9,11H,1,8H2/t9-/m0/s1. The molecule has 2 heteroatoms. The molecule has 0 amide bonds. The van der Waals surface area contributed by atoms with Gasteiger partial charge in [-0.25, -0.2) is 0 Å². The van der Waals surface area contributed by atoms with Gasteiger partial charge in [-0.2, -0.15) is 0 Å². The van der Waals surface area contributed by atoms with E-state index in [1.165, 1.54) is 4.46 Å². The zero-order valence-corrected chi connectivity index (χ0v) is 8.52. The number of aliphatic hydroxyl groups excluding tert-OH is 1. The van der Waals surface area contributed by atoms with Gasteiger partial charge in [-0.1, -0.05) is 0 Å². The van der Waals surface area contributed by atoms with E-state index in [9.17, 15) is 5.11 Å². The molecule has 12 heavy (non-hydrogen) atoms. The first-order valence-corrected chi connectivity index (χ1v) is 5.88. The Hall–Kier alpha value is -0.561. The Bertz CT molecular complexity index is 233. The van der Waals surface area contributed by atoms with Crippen LogP contribution in [-0.4, -0.2) is 26.2 Å². The molecule has 0 saturated carbocycles. The van der Waals surface area contributed by atoms with Gasteiger partial charge in [0.2, 0.25) is 0 Å². The van der Waals surface area contributed by atoms with E-state index in [-0.39, 0.29) is 6.10 Å². The van der Waals surface area contributed by atoms with E-state index in [2.05, 4.69) is 18.7 Å². The van der Waals surface area contributed by atoms with Crippen molar-refractivity contribution in [2.75, 3.05) is 0 Å². The van der Waals surface area contributed by atoms with Crippen LogP contribution in [0.25, 0.3) is 0 Å². The average molecular weight is 227 g/mol. The minimum atomic E-state index is -0.342. The van der Waals surface area contributed by atoms with E-state index in [1.807, 2.05) is 18.2 Å². The number of hydrogen-bond acceptors (Lipinski definition) is 1. The summed E-state index contributed by atoms with van der Waals surface area (Å²) < 4.78 is 1.32. The molecule has 0 aliphatic heterocycles. The van der Waals surface area contributed by atoms with Gasteiger partial charge in [-0.15, -0.1) is 0 Å². The second-order valence-corrected chi connectivity index (χ2v) is 4.72. The van der Waals surface area contributed by atoms with Crippen LogP contribution in [0, 0.1) is 0 Å². The van der Waals surface area contributed by atoms with Crippen LogP contribution in [0.15, 0.2) is 43.0 Å². The maximum atomic E-state index is 9.22. The topological polar surface area (TPSA) is 20.2 Å². The minimum absolute atomic E-state index is 0.342. The number of benzene rings is 1. The third-order valence-corrected chi connectivity index (χ3v) is 3.77. The van der Waals surface area contributed by atoms with Gasteiger partial charge in [0.05, 0.1) is 0 Å². The summed E-state index contributed by atoms with van der Waals surface area (Å²) in [7, 11) is 0. The Morgan fingerprint density at radius 3 is 2.67 bits per heavy atom. The fourth-order valence-electron chi connectivity index (χ4n) is 0.766. The van der Waals surface area contributed by atoms with E-state index < -0.39 is 0 Å². The zero-order chi connectivity index (χ0) is 8.81. The molecule has 0 spiro atoms. The Labute approximate surface area is 79.3 Å². The van der Waals surface area contributed by atoms with Crippen molar-refractivity contribution in [3.8, 4) is 0 Å². The van der Waals surface area contributed by atoms with E-state index >= 15 is 0 Å². The van der Waals surface area contributed by atoms with Crippen LogP contribution in [-0.2, 0) is 0 Å². The third kappa shape index (κ3) is 3.22. The van der Waals surface area contributed by atoms with Crippen LogP contribution >= 0.6 is 0 Å². The average Bonchev–Trinajstić information content (AvgIpc) is 2.16. The van der Waals surface area contributed by atoms with Gasteiger partial charge < -0.3 is 0 Å². The second kappa shape index (κ2) is 5.15. The molecule has 0 aliphatic carbocycles. The molecule has 1 aromatic rings. The molecule has 1 atom stereocenters.